The lowest BCUT2D eigenvalue weighted by atomic mass is 9.65. The third-order valence-corrected chi connectivity index (χ3v) is 8.06. The number of benzene rings is 1. The van der Waals surface area contributed by atoms with Gasteiger partial charge in [0, 0.05) is 36.2 Å². The summed E-state index contributed by atoms with van der Waals surface area (Å²) in [4.78, 5) is 34.3. The molecule has 1 amide bonds. The highest BCUT2D eigenvalue weighted by molar-refractivity contribution is 5.96. The minimum absolute atomic E-state index is 0.0933. The number of rotatable bonds is 6. The third kappa shape index (κ3) is 4.88. The van der Waals surface area contributed by atoms with Crippen LogP contribution in [-0.2, 0) is 19.4 Å². The van der Waals surface area contributed by atoms with Crippen LogP contribution in [0.25, 0.3) is 0 Å². The highest BCUT2D eigenvalue weighted by Gasteiger charge is 2.51. The van der Waals surface area contributed by atoms with Crippen LogP contribution in [0.5, 0.6) is 0 Å². The molecule has 2 fully saturated rings. The summed E-state index contributed by atoms with van der Waals surface area (Å²) in [5, 5.41) is 0. The second-order valence-electron chi connectivity index (χ2n) is 12.0. The molecule has 1 saturated heterocycles. The van der Waals surface area contributed by atoms with Gasteiger partial charge in [-0.1, -0.05) is 57.2 Å². The topological polar surface area (TPSA) is 55.2 Å². The van der Waals surface area contributed by atoms with Crippen molar-refractivity contribution < 1.29 is 4.79 Å². The molecule has 3 heterocycles. The molecule has 0 N–H and O–H groups in total. The van der Waals surface area contributed by atoms with E-state index < -0.39 is 0 Å². The molecule has 5 nitrogen and oxygen atoms in total. The Balaban J connectivity index is 1.57. The minimum atomic E-state index is -0.163. The van der Waals surface area contributed by atoms with Crippen molar-refractivity contribution in [3.8, 4) is 0 Å². The Kier molecular flexibility index (Phi) is 6.36. The number of fused-ring (bicyclic) bond motifs is 2. The monoisotopic (exact) mass is 483 g/mol. The first-order chi connectivity index (χ1) is 17.1. The predicted molar refractivity (Wildman–Crippen MR) is 143 cm³/mol. The molecule has 5 heteroatoms. The van der Waals surface area contributed by atoms with E-state index >= 15 is 0 Å². The maximum absolute atomic E-state index is 14.2. The molecule has 0 radical (unpaired) electrons. The van der Waals surface area contributed by atoms with Crippen LogP contribution < -0.4 is 5.43 Å². The van der Waals surface area contributed by atoms with Gasteiger partial charge in [-0.25, -0.2) is 0 Å². The summed E-state index contributed by atoms with van der Waals surface area (Å²) in [6.07, 6.45) is 6.29. The average Bonchev–Trinajstić information content (AvgIpc) is 3.09. The van der Waals surface area contributed by atoms with E-state index in [4.69, 9.17) is 0 Å². The van der Waals surface area contributed by atoms with Gasteiger partial charge in [-0.15, -0.1) is 0 Å². The van der Waals surface area contributed by atoms with Gasteiger partial charge < -0.3 is 9.47 Å². The quantitative estimate of drug-likeness (QED) is 0.470. The van der Waals surface area contributed by atoms with E-state index in [0.29, 0.717) is 18.5 Å². The molecule has 2 aromatic heterocycles. The van der Waals surface area contributed by atoms with E-state index in [-0.39, 0.29) is 28.2 Å². The average molecular weight is 484 g/mol. The van der Waals surface area contributed by atoms with Crippen LogP contribution in [0.1, 0.15) is 73.0 Å². The summed E-state index contributed by atoms with van der Waals surface area (Å²) in [5.41, 5.74) is 4.30. The Hall–Kier alpha value is -3.21. The lowest BCUT2D eigenvalue weighted by molar-refractivity contribution is 0.0704. The number of hydrogen-bond acceptors (Lipinski definition) is 3. The molecule has 2 aliphatic rings. The predicted octanol–water partition coefficient (Wildman–Crippen LogP) is 5.43. The van der Waals surface area contributed by atoms with Gasteiger partial charge in [0.25, 0.3) is 5.91 Å². The fraction of sp³-hybridized carbons (Fsp3) is 0.452. The zero-order valence-corrected chi connectivity index (χ0v) is 22.0. The number of hydrogen-bond donors (Lipinski definition) is 0. The van der Waals surface area contributed by atoms with Crippen LogP contribution >= 0.6 is 0 Å². The van der Waals surface area contributed by atoms with Gasteiger partial charge in [-0.2, -0.15) is 0 Å². The van der Waals surface area contributed by atoms with Crippen LogP contribution in [0, 0.1) is 17.8 Å². The van der Waals surface area contributed by atoms with Crippen molar-refractivity contribution in [1.29, 1.82) is 0 Å². The Morgan fingerprint density at radius 1 is 1.03 bits per heavy atom. The van der Waals surface area contributed by atoms with Crippen molar-refractivity contribution in [3.63, 3.8) is 0 Å². The van der Waals surface area contributed by atoms with Crippen molar-refractivity contribution in [2.75, 3.05) is 6.54 Å². The molecule has 36 heavy (non-hydrogen) atoms. The van der Waals surface area contributed by atoms with Gasteiger partial charge in [0.05, 0.1) is 12.2 Å². The van der Waals surface area contributed by atoms with Crippen LogP contribution in [0.4, 0.5) is 0 Å². The van der Waals surface area contributed by atoms with Gasteiger partial charge in [0.15, 0.2) is 5.43 Å². The summed E-state index contributed by atoms with van der Waals surface area (Å²) < 4.78 is 2.13. The van der Waals surface area contributed by atoms with Crippen LogP contribution in [0.3, 0.4) is 0 Å². The number of aryl methyl sites for hydroxylation is 2. The largest absolute Gasteiger partial charge is 0.342 e. The lowest BCUT2D eigenvalue weighted by Gasteiger charge is -2.39. The number of carbonyl (C=O) groups excluding carboxylic acids is 1. The molecule has 2 bridgehead atoms. The standard InChI is InChI=1S/C31H37N3O2/c1-22-16-27(35)28(29(36)34-21-31(4)18-25(34)17-30(2,3)20-31)26(14-13-23-10-6-5-7-11-23)33(22)19-24-12-8-9-15-32-24/h5-12,15-16,25H,13-14,17-21H2,1-4H3/t25-,31-/m1/s1. The Bertz CT molecular complexity index is 1310. The summed E-state index contributed by atoms with van der Waals surface area (Å²) in [6, 6.07) is 18.0. The normalized spacial score (nSPS) is 22.6. The van der Waals surface area contributed by atoms with Gasteiger partial charge in [-0.05, 0) is 67.6 Å². The van der Waals surface area contributed by atoms with Crippen molar-refractivity contribution in [1.82, 2.24) is 14.5 Å². The van der Waals surface area contributed by atoms with E-state index in [0.717, 1.165) is 49.3 Å². The van der Waals surface area contributed by atoms with Crippen molar-refractivity contribution in [3.05, 3.63) is 99.2 Å². The first kappa shape index (κ1) is 24.5. The van der Waals surface area contributed by atoms with Gasteiger partial charge in [0.2, 0.25) is 0 Å². The molecule has 0 unspecified atom stereocenters. The number of pyridine rings is 2. The second-order valence-corrected chi connectivity index (χ2v) is 12.0. The van der Waals surface area contributed by atoms with Crippen molar-refractivity contribution in [2.24, 2.45) is 10.8 Å². The molecule has 188 valence electrons. The summed E-state index contributed by atoms with van der Waals surface area (Å²) >= 11 is 0. The lowest BCUT2D eigenvalue weighted by Crippen LogP contribution is -2.41. The molecule has 1 saturated carbocycles. The number of aromatic nitrogens is 2. The maximum Gasteiger partial charge on any atom is 0.259 e. The van der Waals surface area contributed by atoms with Crippen LogP contribution in [0.15, 0.2) is 65.6 Å². The highest BCUT2D eigenvalue weighted by Crippen LogP contribution is 2.52. The maximum atomic E-state index is 14.2. The zero-order valence-electron chi connectivity index (χ0n) is 22.0. The summed E-state index contributed by atoms with van der Waals surface area (Å²) in [6.45, 7) is 10.1. The fourth-order valence-electron chi connectivity index (χ4n) is 6.94. The zero-order chi connectivity index (χ0) is 25.5. The highest BCUT2D eigenvalue weighted by atomic mass is 16.2. The van der Waals surface area contributed by atoms with Crippen molar-refractivity contribution >= 4 is 5.91 Å². The Labute approximate surface area is 214 Å². The Morgan fingerprint density at radius 3 is 2.50 bits per heavy atom. The van der Waals surface area contributed by atoms with Crippen molar-refractivity contribution in [2.45, 2.75) is 72.4 Å². The molecule has 5 rings (SSSR count). The molecule has 1 aliphatic carbocycles. The first-order valence-electron chi connectivity index (χ1n) is 13.1. The van der Waals surface area contributed by atoms with E-state index in [1.54, 1.807) is 12.3 Å². The smallest absolute Gasteiger partial charge is 0.259 e. The first-order valence-corrected chi connectivity index (χ1v) is 13.1. The van der Waals surface area contributed by atoms with E-state index in [9.17, 15) is 9.59 Å². The second kappa shape index (κ2) is 9.34. The molecule has 1 aromatic carbocycles. The fourth-order valence-corrected chi connectivity index (χ4v) is 6.94. The van der Waals surface area contributed by atoms with E-state index in [2.05, 4.69) is 42.5 Å². The summed E-state index contributed by atoms with van der Waals surface area (Å²) in [7, 11) is 0. The molecule has 2 atom stereocenters. The number of nitrogens with zero attached hydrogens (tertiary/aromatic N) is 3. The van der Waals surface area contributed by atoms with Gasteiger partial charge >= 0.3 is 0 Å². The molecule has 3 aromatic rings. The number of likely N-dealkylation sites (tertiary alicyclic amines) is 1. The molecular formula is C31H37N3O2. The van der Waals surface area contributed by atoms with E-state index in [1.165, 1.54) is 5.56 Å². The molecular weight excluding hydrogens is 446 g/mol. The number of carbonyl (C=O) groups is 1. The van der Waals surface area contributed by atoms with Crippen LogP contribution in [-0.4, -0.2) is 32.9 Å². The molecule has 1 aliphatic heterocycles. The third-order valence-electron chi connectivity index (χ3n) is 8.06. The minimum Gasteiger partial charge on any atom is -0.342 e. The van der Waals surface area contributed by atoms with Gasteiger partial charge in [-0.3, -0.25) is 14.6 Å². The van der Waals surface area contributed by atoms with Gasteiger partial charge in [0.1, 0.15) is 5.56 Å². The number of amides is 1. The SMILES string of the molecule is Cc1cc(=O)c(C(=O)N2C[C@]3(C)C[C@H]2CC(C)(C)C3)c(CCc2ccccc2)n1Cc1ccccn1. The Morgan fingerprint density at radius 2 is 1.78 bits per heavy atom. The van der Waals surface area contributed by atoms with E-state index in [1.807, 2.05) is 48.2 Å². The summed E-state index contributed by atoms with van der Waals surface area (Å²) in [5.74, 6) is -0.0933. The molecule has 0 spiro atoms. The van der Waals surface area contributed by atoms with Crippen LogP contribution in [0.2, 0.25) is 0 Å².